The normalized spacial score (nSPS) is 9.10. The highest BCUT2D eigenvalue weighted by atomic mass is 32.2. The lowest BCUT2D eigenvalue weighted by molar-refractivity contribution is 0.881. The van der Waals surface area contributed by atoms with Gasteiger partial charge in [-0.25, -0.2) is 0 Å². The summed E-state index contributed by atoms with van der Waals surface area (Å²) in [4.78, 5) is 0. The van der Waals surface area contributed by atoms with Gasteiger partial charge in [0.25, 0.3) is 0 Å². The lowest BCUT2D eigenvalue weighted by atomic mass is 10.5. The second-order valence-corrected chi connectivity index (χ2v) is 2.56. The minimum atomic E-state index is 0.648. The molecule has 0 unspecified atom stereocenters. The Kier molecular flexibility index (Phi) is 2.77. The van der Waals surface area contributed by atoms with E-state index in [1.807, 2.05) is 0 Å². The van der Waals surface area contributed by atoms with E-state index in [-0.39, 0.29) is 0 Å². The number of H-pyrrole nitrogens is 1. The molecule has 0 radical (unpaired) electrons. The molecule has 0 aliphatic carbocycles. The number of aromatic amines is 1. The zero-order valence-corrected chi connectivity index (χ0v) is 6.06. The predicted molar refractivity (Wildman–Crippen MR) is 38.4 cm³/mol. The van der Waals surface area contributed by atoms with E-state index in [0.717, 1.165) is 12.2 Å². The fourth-order valence-corrected chi connectivity index (χ4v) is 1.02. The van der Waals surface area contributed by atoms with Crippen LogP contribution in [-0.4, -0.2) is 26.4 Å². The number of thioether (sulfide) groups is 1. The molecule has 1 rings (SSSR count). The third-order valence-electron chi connectivity index (χ3n) is 0.803. The van der Waals surface area contributed by atoms with Crippen molar-refractivity contribution in [3.63, 3.8) is 0 Å². The van der Waals surface area contributed by atoms with Crippen molar-refractivity contribution < 1.29 is 0 Å². The van der Waals surface area contributed by atoms with Crippen molar-refractivity contribution in [1.82, 2.24) is 20.6 Å². The van der Waals surface area contributed by atoms with E-state index < -0.39 is 0 Å². The zero-order chi connectivity index (χ0) is 7.23. The molecule has 4 nitrogen and oxygen atoms in total. The first-order chi connectivity index (χ1) is 4.93. The Hall–Kier alpha value is -1.02. The Balaban J connectivity index is 2.23. The zero-order valence-electron chi connectivity index (χ0n) is 5.24. The van der Waals surface area contributed by atoms with Crippen molar-refractivity contribution in [2.24, 2.45) is 0 Å². The Morgan fingerprint density at radius 2 is 2.60 bits per heavy atom. The maximum absolute atomic E-state index is 5.04. The summed E-state index contributed by atoms with van der Waals surface area (Å²) >= 11 is 1.49. The van der Waals surface area contributed by atoms with Crippen molar-refractivity contribution in [3.8, 4) is 12.3 Å². The maximum Gasteiger partial charge on any atom is 0.230 e. The molecule has 1 heterocycles. The first-order valence-corrected chi connectivity index (χ1v) is 3.72. The largest absolute Gasteiger partial charge is 0.230 e. The fourth-order valence-electron chi connectivity index (χ4n) is 0.415. The average molecular weight is 154 g/mol. The van der Waals surface area contributed by atoms with Crippen LogP contribution in [0.25, 0.3) is 0 Å². The van der Waals surface area contributed by atoms with Gasteiger partial charge in [0.1, 0.15) is 0 Å². The Morgan fingerprint density at radius 3 is 3.20 bits per heavy atom. The van der Waals surface area contributed by atoms with E-state index in [1.54, 1.807) is 0 Å². The molecule has 0 amide bonds. The van der Waals surface area contributed by atoms with E-state index in [2.05, 4.69) is 26.5 Å². The molecular weight excluding hydrogens is 148 g/mol. The highest BCUT2D eigenvalue weighted by molar-refractivity contribution is 7.99. The van der Waals surface area contributed by atoms with Crippen LogP contribution in [0.5, 0.6) is 0 Å². The van der Waals surface area contributed by atoms with Gasteiger partial charge in [-0.05, 0) is 5.21 Å². The van der Waals surface area contributed by atoms with Gasteiger partial charge in [0, 0.05) is 12.2 Å². The lowest BCUT2D eigenvalue weighted by Gasteiger charge is -1.86. The van der Waals surface area contributed by atoms with Gasteiger partial charge in [0.2, 0.25) is 5.16 Å². The summed E-state index contributed by atoms with van der Waals surface area (Å²) < 4.78 is 0. The van der Waals surface area contributed by atoms with E-state index in [0.29, 0.717) is 5.16 Å². The monoisotopic (exact) mass is 154 g/mol. The van der Waals surface area contributed by atoms with E-state index in [9.17, 15) is 0 Å². The summed E-state index contributed by atoms with van der Waals surface area (Å²) in [6.07, 6.45) is 5.78. The predicted octanol–water partition coefficient (Wildman–Crippen LogP) is 0.315. The molecule has 1 aromatic heterocycles. The molecule has 0 atom stereocenters. The third-order valence-corrected chi connectivity index (χ3v) is 1.64. The number of rotatable bonds is 3. The lowest BCUT2D eigenvalue weighted by Crippen LogP contribution is -1.78. The quantitative estimate of drug-likeness (QED) is 0.387. The number of tetrazole rings is 1. The van der Waals surface area contributed by atoms with Crippen LogP contribution < -0.4 is 0 Å². The molecule has 0 fully saturated rings. The molecule has 1 N–H and O–H groups in total. The number of nitrogens with one attached hydrogen (secondary N) is 1. The molecule has 10 heavy (non-hydrogen) atoms. The van der Waals surface area contributed by atoms with Crippen LogP contribution in [-0.2, 0) is 0 Å². The van der Waals surface area contributed by atoms with E-state index >= 15 is 0 Å². The van der Waals surface area contributed by atoms with Crippen LogP contribution in [0.15, 0.2) is 5.16 Å². The Labute approximate surface area is 62.8 Å². The van der Waals surface area contributed by atoms with Crippen LogP contribution in [0.4, 0.5) is 0 Å². The summed E-state index contributed by atoms with van der Waals surface area (Å²) in [6, 6.07) is 0. The SMILES string of the molecule is C#CCCSc1nn[nH]n1. The minimum absolute atomic E-state index is 0.648. The summed E-state index contributed by atoms with van der Waals surface area (Å²) in [7, 11) is 0. The highest BCUT2D eigenvalue weighted by Gasteiger charge is 1.95. The maximum atomic E-state index is 5.04. The third kappa shape index (κ3) is 2.07. The molecular formula is C5H6N4S. The molecule has 0 aliphatic heterocycles. The first-order valence-electron chi connectivity index (χ1n) is 2.73. The summed E-state index contributed by atoms with van der Waals surface area (Å²) in [5.74, 6) is 3.37. The number of aromatic nitrogens is 4. The molecule has 52 valence electrons. The molecule has 0 saturated heterocycles. The van der Waals surface area contributed by atoms with Gasteiger partial charge < -0.3 is 0 Å². The average Bonchev–Trinajstić information content (AvgIpc) is 2.41. The van der Waals surface area contributed by atoms with E-state index in [1.165, 1.54) is 11.8 Å². The van der Waals surface area contributed by atoms with Gasteiger partial charge in [0.15, 0.2) is 0 Å². The van der Waals surface area contributed by atoms with Crippen molar-refractivity contribution in [3.05, 3.63) is 0 Å². The molecule has 0 saturated carbocycles. The first kappa shape index (κ1) is 7.09. The summed E-state index contributed by atoms with van der Waals surface area (Å²) in [6.45, 7) is 0. The van der Waals surface area contributed by atoms with Crippen LogP contribution in [0, 0.1) is 12.3 Å². The molecule has 5 heteroatoms. The summed E-state index contributed by atoms with van der Waals surface area (Å²) in [5, 5.41) is 13.9. The Morgan fingerprint density at radius 1 is 1.70 bits per heavy atom. The van der Waals surface area contributed by atoms with Gasteiger partial charge >= 0.3 is 0 Å². The minimum Gasteiger partial charge on any atom is -0.176 e. The number of hydrogen-bond acceptors (Lipinski definition) is 4. The van der Waals surface area contributed by atoms with Crippen molar-refractivity contribution in [2.45, 2.75) is 11.6 Å². The van der Waals surface area contributed by atoms with Crippen molar-refractivity contribution >= 4 is 11.8 Å². The highest BCUT2D eigenvalue weighted by Crippen LogP contribution is 2.09. The van der Waals surface area contributed by atoms with Crippen molar-refractivity contribution in [1.29, 1.82) is 0 Å². The fraction of sp³-hybridized carbons (Fsp3) is 0.400. The molecule has 0 aliphatic rings. The van der Waals surface area contributed by atoms with Crippen LogP contribution >= 0.6 is 11.8 Å². The topological polar surface area (TPSA) is 54.5 Å². The summed E-state index contributed by atoms with van der Waals surface area (Å²) in [5.41, 5.74) is 0. The second kappa shape index (κ2) is 3.90. The van der Waals surface area contributed by atoms with E-state index in [4.69, 9.17) is 6.42 Å². The molecule has 1 aromatic rings. The van der Waals surface area contributed by atoms with Crippen molar-refractivity contribution in [2.75, 3.05) is 5.75 Å². The molecule has 0 spiro atoms. The standard InChI is InChI=1S/C5H6N4S/c1-2-3-4-10-5-6-8-9-7-5/h1H,3-4H2,(H,6,7,8,9). The Bertz CT molecular complexity index is 212. The molecule has 0 bridgehead atoms. The number of terminal acetylenes is 1. The van der Waals surface area contributed by atoms with Crippen LogP contribution in [0.3, 0.4) is 0 Å². The number of nitrogens with zero attached hydrogens (tertiary/aromatic N) is 3. The van der Waals surface area contributed by atoms with Gasteiger partial charge in [-0.15, -0.1) is 22.5 Å². The van der Waals surface area contributed by atoms with Crippen LogP contribution in [0.2, 0.25) is 0 Å². The van der Waals surface area contributed by atoms with Gasteiger partial charge in [0.05, 0.1) is 0 Å². The van der Waals surface area contributed by atoms with Gasteiger partial charge in [-0.3, -0.25) is 0 Å². The van der Waals surface area contributed by atoms with Gasteiger partial charge in [-0.1, -0.05) is 11.8 Å². The number of hydrogen-bond donors (Lipinski definition) is 1. The second-order valence-electron chi connectivity index (χ2n) is 1.50. The smallest absolute Gasteiger partial charge is 0.176 e. The van der Waals surface area contributed by atoms with Gasteiger partial charge in [-0.2, -0.15) is 5.21 Å². The van der Waals surface area contributed by atoms with Crippen LogP contribution in [0.1, 0.15) is 6.42 Å². The molecule has 0 aromatic carbocycles.